The molecule has 0 amide bonds. The minimum Gasteiger partial charge on any atom is -0.469 e. The highest BCUT2D eigenvalue weighted by Gasteiger charge is 2.67. The monoisotopic (exact) mass is 313 g/mol. The molecule has 0 aromatic carbocycles. The molecule has 0 spiro atoms. The molecule has 1 aliphatic heterocycles. The van der Waals surface area contributed by atoms with Gasteiger partial charge >= 0.3 is 5.97 Å². The Morgan fingerprint density at radius 1 is 1.55 bits per heavy atom. The normalized spacial score (nSPS) is 31.7. The van der Waals surface area contributed by atoms with Gasteiger partial charge in [0.25, 0.3) is 0 Å². The third kappa shape index (κ3) is 2.09. The molecule has 0 unspecified atom stereocenters. The predicted molar refractivity (Wildman–Crippen MR) is 80.9 cm³/mol. The summed E-state index contributed by atoms with van der Waals surface area (Å²) in [5.41, 5.74) is -0.0463. The Balaban J connectivity index is 1.76. The third-order valence-electron chi connectivity index (χ3n) is 4.93. The summed E-state index contributed by atoms with van der Waals surface area (Å²) in [6.45, 7) is 7.17. The van der Waals surface area contributed by atoms with Gasteiger partial charge in [-0.15, -0.1) is 11.3 Å². The summed E-state index contributed by atoms with van der Waals surface area (Å²) < 4.78 is 5.89. The van der Waals surface area contributed by atoms with Gasteiger partial charge in [0.2, 0.25) is 0 Å². The number of rotatable bonds is 3. The molecular formula is C15H20ClNO2S. The van der Waals surface area contributed by atoms with Crippen molar-refractivity contribution >= 4 is 28.9 Å². The summed E-state index contributed by atoms with van der Waals surface area (Å²) in [6.07, 6.45) is 0.930. The second-order valence-electron chi connectivity index (χ2n) is 6.74. The van der Waals surface area contributed by atoms with Gasteiger partial charge in [-0.25, -0.2) is 0 Å². The van der Waals surface area contributed by atoms with Gasteiger partial charge in [0.05, 0.1) is 16.9 Å². The molecule has 2 fully saturated rings. The van der Waals surface area contributed by atoms with Crippen LogP contribution in [0.5, 0.6) is 0 Å². The maximum Gasteiger partial charge on any atom is 0.313 e. The average molecular weight is 314 g/mol. The fourth-order valence-electron chi connectivity index (χ4n) is 4.25. The van der Waals surface area contributed by atoms with Gasteiger partial charge in [-0.3, -0.25) is 9.69 Å². The summed E-state index contributed by atoms with van der Waals surface area (Å²) in [4.78, 5) is 15.9. The maximum atomic E-state index is 12.2. The van der Waals surface area contributed by atoms with Gasteiger partial charge in [-0.05, 0) is 29.9 Å². The van der Waals surface area contributed by atoms with Gasteiger partial charge in [0.15, 0.2) is 0 Å². The summed E-state index contributed by atoms with van der Waals surface area (Å²) in [6, 6.07) is 4.01. The molecule has 2 heterocycles. The van der Waals surface area contributed by atoms with Gasteiger partial charge < -0.3 is 4.74 Å². The summed E-state index contributed by atoms with van der Waals surface area (Å²) in [7, 11) is 1.50. The lowest BCUT2D eigenvalue weighted by atomic mass is 9.48. The second kappa shape index (κ2) is 4.72. The number of halogens is 1. The minimum absolute atomic E-state index is 0.0338. The Morgan fingerprint density at radius 3 is 2.85 bits per heavy atom. The molecule has 0 N–H and O–H groups in total. The molecule has 1 aromatic rings. The highest BCUT2D eigenvalue weighted by molar-refractivity contribution is 7.16. The fourth-order valence-corrected chi connectivity index (χ4v) is 5.38. The predicted octanol–water partition coefficient (Wildman–Crippen LogP) is 3.42. The largest absolute Gasteiger partial charge is 0.469 e. The summed E-state index contributed by atoms with van der Waals surface area (Å²) in [5.74, 6) is 0.367. The molecule has 20 heavy (non-hydrogen) atoms. The van der Waals surface area contributed by atoms with Crippen molar-refractivity contribution in [2.24, 2.45) is 16.7 Å². The number of methoxy groups -OCH3 is 1. The lowest BCUT2D eigenvalue weighted by Crippen LogP contribution is -2.57. The highest BCUT2D eigenvalue weighted by Crippen LogP contribution is 2.63. The minimum atomic E-state index is -0.278. The van der Waals surface area contributed by atoms with Crippen LogP contribution in [0.1, 0.15) is 25.1 Å². The SMILES string of the molecule is COC(=O)[C@@]12CN(Cc3ccc(Cl)s3)C[C@@H]1C(C)(C)C2. The van der Waals surface area contributed by atoms with E-state index in [2.05, 4.69) is 24.8 Å². The number of esters is 1. The fraction of sp³-hybridized carbons (Fsp3) is 0.667. The zero-order valence-corrected chi connectivity index (χ0v) is 13.7. The van der Waals surface area contributed by atoms with E-state index in [-0.39, 0.29) is 16.8 Å². The number of fused-ring (bicyclic) bond motifs is 1. The molecule has 0 bridgehead atoms. The van der Waals surface area contributed by atoms with Crippen molar-refractivity contribution in [2.45, 2.75) is 26.8 Å². The number of hydrogen-bond acceptors (Lipinski definition) is 4. The molecule has 3 nitrogen and oxygen atoms in total. The van der Waals surface area contributed by atoms with Crippen LogP contribution in [0.15, 0.2) is 12.1 Å². The number of carbonyl (C=O) groups excluding carboxylic acids is 1. The number of likely N-dealkylation sites (tertiary alicyclic amines) is 1. The first-order valence-corrected chi connectivity index (χ1v) is 8.12. The molecule has 3 rings (SSSR count). The van der Waals surface area contributed by atoms with E-state index in [0.29, 0.717) is 5.92 Å². The molecular weight excluding hydrogens is 294 g/mol. The first-order valence-electron chi connectivity index (χ1n) is 6.92. The zero-order chi connectivity index (χ0) is 14.5. The number of carbonyl (C=O) groups is 1. The number of thiophene rings is 1. The van der Waals surface area contributed by atoms with Gasteiger partial charge in [-0.2, -0.15) is 0 Å². The van der Waals surface area contributed by atoms with Crippen LogP contribution < -0.4 is 0 Å². The Bertz CT molecular complexity index is 542. The first kappa shape index (κ1) is 14.4. The summed E-state index contributed by atoms with van der Waals surface area (Å²) >= 11 is 7.60. The molecule has 1 saturated heterocycles. The molecule has 1 aliphatic carbocycles. The quantitative estimate of drug-likeness (QED) is 0.801. The van der Waals surface area contributed by atoms with E-state index in [1.807, 2.05) is 6.07 Å². The highest BCUT2D eigenvalue weighted by atomic mass is 35.5. The van der Waals surface area contributed by atoms with Gasteiger partial charge in [-0.1, -0.05) is 25.4 Å². The molecule has 1 aromatic heterocycles. The molecule has 2 atom stereocenters. The first-order chi connectivity index (χ1) is 9.37. The smallest absolute Gasteiger partial charge is 0.313 e. The number of hydrogen-bond donors (Lipinski definition) is 0. The molecule has 1 saturated carbocycles. The maximum absolute atomic E-state index is 12.2. The molecule has 5 heteroatoms. The Kier molecular flexibility index (Phi) is 3.39. The lowest BCUT2D eigenvalue weighted by molar-refractivity contribution is -0.174. The van der Waals surface area contributed by atoms with E-state index < -0.39 is 0 Å². The Hall–Kier alpha value is -0.580. The van der Waals surface area contributed by atoms with Crippen molar-refractivity contribution in [3.63, 3.8) is 0 Å². The van der Waals surface area contributed by atoms with E-state index in [4.69, 9.17) is 16.3 Å². The third-order valence-corrected chi connectivity index (χ3v) is 6.14. The summed E-state index contributed by atoms with van der Waals surface area (Å²) in [5, 5.41) is 0. The van der Waals surface area contributed by atoms with Gasteiger partial charge in [0.1, 0.15) is 0 Å². The van der Waals surface area contributed by atoms with Crippen molar-refractivity contribution in [1.29, 1.82) is 0 Å². The Labute approximate surface area is 128 Å². The van der Waals surface area contributed by atoms with Crippen LogP contribution in [0.4, 0.5) is 0 Å². The zero-order valence-electron chi connectivity index (χ0n) is 12.1. The van der Waals surface area contributed by atoms with E-state index in [9.17, 15) is 4.79 Å². The van der Waals surface area contributed by atoms with Crippen LogP contribution in [-0.4, -0.2) is 31.1 Å². The van der Waals surface area contributed by atoms with E-state index in [1.54, 1.807) is 11.3 Å². The molecule has 0 radical (unpaired) electrons. The van der Waals surface area contributed by atoms with Crippen molar-refractivity contribution in [3.8, 4) is 0 Å². The van der Waals surface area contributed by atoms with E-state index in [0.717, 1.165) is 30.4 Å². The standard InChI is InChI=1S/C15H20ClNO2S/c1-14(2)8-15(13(18)19-3)9-17(7-11(14)15)6-10-4-5-12(16)20-10/h4-5,11H,6-9H2,1-3H3/t11-,15+/m1/s1. The second-order valence-corrected chi connectivity index (χ2v) is 8.54. The lowest BCUT2D eigenvalue weighted by Gasteiger charge is -2.54. The van der Waals surface area contributed by atoms with E-state index in [1.165, 1.54) is 12.0 Å². The van der Waals surface area contributed by atoms with Gasteiger partial charge in [0, 0.05) is 24.5 Å². The Morgan fingerprint density at radius 2 is 2.30 bits per heavy atom. The molecule has 110 valence electrons. The van der Waals surface area contributed by atoms with Crippen molar-refractivity contribution < 1.29 is 9.53 Å². The average Bonchev–Trinajstić information content (AvgIpc) is 2.91. The van der Waals surface area contributed by atoms with E-state index >= 15 is 0 Å². The van der Waals surface area contributed by atoms with Crippen LogP contribution in [0.2, 0.25) is 4.34 Å². The van der Waals surface area contributed by atoms with Crippen molar-refractivity contribution in [1.82, 2.24) is 4.90 Å². The van der Waals surface area contributed by atoms with Crippen LogP contribution in [0.25, 0.3) is 0 Å². The van der Waals surface area contributed by atoms with Crippen LogP contribution in [0, 0.1) is 16.7 Å². The van der Waals surface area contributed by atoms with Crippen LogP contribution in [-0.2, 0) is 16.1 Å². The van der Waals surface area contributed by atoms with Crippen LogP contribution in [0.3, 0.4) is 0 Å². The number of ether oxygens (including phenoxy) is 1. The van der Waals surface area contributed by atoms with Crippen molar-refractivity contribution in [2.75, 3.05) is 20.2 Å². The topological polar surface area (TPSA) is 29.5 Å². The van der Waals surface area contributed by atoms with Crippen LogP contribution >= 0.6 is 22.9 Å². The van der Waals surface area contributed by atoms with Crippen molar-refractivity contribution in [3.05, 3.63) is 21.3 Å². The molecule has 2 aliphatic rings. The number of nitrogens with zero attached hydrogens (tertiary/aromatic N) is 1.